The second-order valence-corrected chi connectivity index (χ2v) is 4.20. The van der Waals surface area contributed by atoms with Crippen molar-refractivity contribution in [3.8, 4) is 0 Å². The zero-order chi connectivity index (χ0) is 14.7. The molecule has 0 amide bonds. The molecule has 0 spiro atoms. The molecule has 2 N–H and O–H groups in total. The van der Waals surface area contributed by atoms with Gasteiger partial charge in [-0.3, -0.25) is 4.79 Å². The summed E-state index contributed by atoms with van der Waals surface area (Å²) in [5.74, 6) is -0.793. The molecule has 0 fully saturated rings. The van der Waals surface area contributed by atoms with Gasteiger partial charge in [-0.25, -0.2) is 4.79 Å². The first-order chi connectivity index (χ1) is 9.58. The van der Waals surface area contributed by atoms with E-state index < -0.39 is 5.97 Å². The molecule has 1 heterocycles. The standard InChI is InChI=1S/C15H15NO4/c1-3-5-9-11(16)7-6-10-12(17)8-13(20-14(9)10)15(18)19-4-2/h3,6-8H,1,4-5,16H2,2H3. The van der Waals surface area contributed by atoms with Crippen molar-refractivity contribution >= 4 is 22.6 Å². The molecule has 0 saturated carbocycles. The van der Waals surface area contributed by atoms with Crippen LogP contribution in [0.4, 0.5) is 5.69 Å². The average Bonchev–Trinajstić information content (AvgIpc) is 2.42. The number of rotatable bonds is 4. The summed E-state index contributed by atoms with van der Waals surface area (Å²) in [5.41, 5.74) is 7.01. The number of nitrogen functional groups attached to an aromatic ring is 1. The predicted octanol–water partition coefficient (Wildman–Crippen LogP) is 2.28. The molecule has 0 bridgehead atoms. The molecule has 1 aromatic heterocycles. The zero-order valence-electron chi connectivity index (χ0n) is 11.1. The molecule has 104 valence electrons. The van der Waals surface area contributed by atoms with Crippen LogP contribution in [0.25, 0.3) is 11.0 Å². The fourth-order valence-electron chi connectivity index (χ4n) is 1.95. The van der Waals surface area contributed by atoms with Gasteiger partial charge < -0.3 is 14.9 Å². The van der Waals surface area contributed by atoms with Crippen molar-refractivity contribution in [1.82, 2.24) is 0 Å². The third kappa shape index (κ3) is 2.42. The van der Waals surface area contributed by atoms with Gasteiger partial charge in [0.25, 0.3) is 0 Å². The Balaban J connectivity index is 2.73. The number of hydrogen-bond acceptors (Lipinski definition) is 5. The molecule has 2 aromatic rings. The first kappa shape index (κ1) is 13.9. The van der Waals surface area contributed by atoms with E-state index in [4.69, 9.17) is 14.9 Å². The van der Waals surface area contributed by atoms with E-state index in [0.717, 1.165) is 6.07 Å². The van der Waals surface area contributed by atoms with Gasteiger partial charge in [0.15, 0.2) is 5.43 Å². The lowest BCUT2D eigenvalue weighted by Crippen LogP contribution is -2.11. The van der Waals surface area contributed by atoms with Gasteiger partial charge in [0.1, 0.15) is 5.58 Å². The Bertz CT molecular complexity index is 730. The van der Waals surface area contributed by atoms with E-state index >= 15 is 0 Å². The molecule has 5 nitrogen and oxygen atoms in total. The molecule has 0 radical (unpaired) electrons. The van der Waals surface area contributed by atoms with Gasteiger partial charge in [-0.15, -0.1) is 6.58 Å². The Labute approximate surface area is 115 Å². The van der Waals surface area contributed by atoms with Crippen LogP contribution in [0, 0.1) is 0 Å². The number of allylic oxidation sites excluding steroid dienone is 1. The van der Waals surface area contributed by atoms with E-state index in [1.54, 1.807) is 25.1 Å². The highest BCUT2D eigenvalue weighted by molar-refractivity contribution is 5.91. The molecule has 1 aromatic carbocycles. The summed E-state index contributed by atoms with van der Waals surface area (Å²) in [6, 6.07) is 4.36. The van der Waals surface area contributed by atoms with Gasteiger partial charge in [0, 0.05) is 17.3 Å². The molecule has 0 aliphatic heterocycles. The normalized spacial score (nSPS) is 10.4. The van der Waals surface area contributed by atoms with Crippen molar-refractivity contribution in [2.45, 2.75) is 13.3 Å². The molecule has 0 aliphatic carbocycles. The highest BCUT2D eigenvalue weighted by Gasteiger charge is 2.16. The summed E-state index contributed by atoms with van der Waals surface area (Å²) in [4.78, 5) is 23.7. The summed E-state index contributed by atoms with van der Waals surface area (Å²) in [7, 11) is 0. The smallest absolute Gasteiger partial charge is 0.374 e. The summed E-state index contributed by atoms with van der Waals surface area (Å²) in [6.45, 7) is 5.53. The second kappa shape index (κ2) is 5.61. The van der Waals surface area contributed by atoms with Crippen molar-refractivity contribution in [3.63, 3.8) is 0 Å². The number of hydrogen-bond donors (Lipinski definition) is 1. The highest BCUT2D eigenvalue weighted by Crippen LogP contribution is 2.24. The van der Waals surface area contributed by atoms with Gasteiger partial charge >= 0.3 is 5.97 Å². The van der Waals surface area contributed by atoms with Crippen LogP contribution in [-0.2, 0) is 11.2 Å². The summed E-state index contributed by atoms with van der Waals surface area (Å²) >= 11 is 0. The number of nitrogens with two attached hydrogens (primary N) is 1. The van der Waals surface area contributed by atoms with Crippen LogP contribution in [0.15, 0.2) is 40.1 Å². The third-order valence-corrected chi connectivity index (χ3v) is 2.86. The molecule has 20 heavy (non-hydrogen) atoms. The molecular weight excluding hydrogens is 258 g/mol. The number of benzene rings is 1. The minimum absolute atomic E-state index is 0.125. The predicted molar refractivity (Wildman–Crippen MR) is 76.8 cm³/mol. The molecule has 0 unspecified atom stereocenters. The first-order valence-corrected chi connectivity index (χ1v) is 6.21. The number of esters is 1. The number of carbonyl (C=O) groups excluding carboxylic acids is 1. The molecule has 0 atom stereocenters. The fraction of sp³-hybridized carbons (Fsp3) is 0.200. The van der Waals surface area contributed by atoms with E-state index in [-0.39, 0.29) is 17.8 Å². The van der Waals surface area contributed by atoms with Crippen molar-refractivity contribution in [2.24, 2.45) is 0 Å². The Hall–Kier alpha value is -2.56. The van der Waals surface area contributed by atoms with Crippen molar-refractivity contribution in [1.29, 1.82) is 0 Å². The van der Waals surface area contributed by atoms with Gasteiger partial charge in [-0.05, 0) is 25.5 Å². The summed E-state index contributed by atoms with van der Waals surface area (Å²) < 4.78 is 10.4. The Morgan fingerprint density at radius 2 is 2.25 bits per heavy atom. The maximum atomic E-state index is 12.0. The maximum Gasteiger partial charge on any atom is 0.374 e. The minimum atomic E-state index is -0.668. The summed E-state index contributed by atoms with van der Waals surface area (Å²) in [5, 5.41) is 0.379. The lowest BCUT2D eigenvalue weighted by molar-refractivity contribution is 0.0490. The van der Waals surface area contributed by atoms with Gasteiger partial charge in [0.2, 0.25) is 5.76 Å². The van der Waals surface area contributed by atoms with Crippen LogP contribution in [0.2, 0.25) is 0 Å². The van der Waals surface area contributed by atoms with Crippen LogP contribution in [0.3, 0.4) is 0 Å². The summed E-state index contributed by atoms with van der Waals surface area (Å²) in [6.07, 6.45) is 2.10. The molecular formula is C15H15NO4. The number of ether oxygens (including phenoxy) is 1. The SMILES string of the molecule is C=CCc1c(N)ccc2c(=O)cc(C(=O)OCC)oc12. The molecule has 0 saturated heterocycles. The van der Waals surface area contributed by atoms with Gasteiger partial charge in [-0.2, -0.15) is 0 Å². The quantitative estimate of drug-likeness (QED) is 0.525. The van der Waals surface area contributed by atoms with E-state index in [9.17, 15) is 9.59 Å². The monoisotopic (exact) mass is 273 g/mol. The number of anilines is 1. The van der Waals surface area contributed by atoms with Crippen molar-refractivity contribution in [3.05, 3.63) is 52.4 Å². The molecule has 0 aliphatic rings. The van der Waals surface area contributed by atoms with Crippen LogP contribution >= 0.6 is 0 Å². The second-order valence-electron chi connectivity index (χ2n) is 4.20. The maximum absolute atomic E-state index is 12.0. The van der Waals surface area contributed by atoms with Gasteiger partial charge in [0.05, 0.1) is 12.0 Å². The Kier molecular flexibility index (Phi) is 3.89. The number of fused-ring (bicyclic) bond motifs is 1. The molecule has 2 rings (SSSR count). The van der Waals surface area contributed by atoms with E-state index in [0.29, 0.717) is 28.6 Å². The Morgan fingerprint density at radius 1 is 1.50 bits per heavy atom. The zero-order valence-corrected chi connectivity index (χ0v) is 11.1. The van der Waals surface area contributed by atoms with Crippen LogP contribution in [0.1, 0.15) is 23.0 Å². The lowest BCUT2D eigenvalue weighted by atomic mass is 10.1. The van der Waals surface area contributed by atoms with Crippen molar-refractivity contribution in [2.75, 3.05) is 12.3 Å². The van der Waals surface area contributed by atoms with Crippen molar-refractivity contribution < 1.29 is 13.9 Å². The first-order valence-electron chi connectivity index (χ1n) is 6.21. The highest BCUT2D eigenvalue weighted by atomic mass is 16.5. The largest absolute Gasteiger partial charge is 0.460 e. The minimum Gasteiger partial charge on any atom is -0.460 e. The molecule has 5 heteroatoms. The van der Waals surface area contributed by atoms with Crippen LogP contribution in [-0.4, -0.2) is 12.6 Å². The number of carbonyl (C=O) groups is 1. The third-order valence-electron chi connectivity index (χ3n) is 2.86. The van der Waals surface area contributed by atoms with E-state index in [1.165, 1.54) is 0 Å². The topological polar surface area (TPSA) is 82.5 Å². The fourth-order valence-corrected chi connectivity index (χ4v) is 1.95. The Morgan fingerprint density at radius 3 is 2.90 bits per heavy atom. The average molecular weight is 273 g/mol. The van der Waals surface area contributed by atoms with E-state index in [1.807, 2.05) is 0 Å². The lowest BCUT2D eigenvalue weighted by Gasteiger charge is -2.08. The van der Waals surface area contributed by atoms with Crippen LogP contribution < -0.4 is 11.2 Å². The van der Waals surface area contributed by atoms with Gasteiger partial charge in [-0.1, -0.05) is 6.08 Å². The van der Waals surface area contributed by atoms with Crippen LogP contribution in [0.5, 0.6) is 0 Å². The van der Waals surface area contributed by atoms with E-state index in [2.05, 4.69) is 6.58 Å².